The number of rotatable bonds is 5. The van der Waals surface area contributed by atoms with Gasteiger partial charge in [0, 0.05) is 12.5 Å². The molecule has 1 saturated heterocycles. The lowest BCUT2D eigenvalue weighted by Crippen LogP contribution is -2.40. The molecular weight excluding hydrogens is 256 g/mol. The van der Waals surface area contributed by atoms with E-state index < -0.39 is 9.84 Å². The van der Waals surface area contributed by atoms with Gasteiger partial charge >= 0.3 is 0 Å². The Balaban J connectivity index is 2.35. The smallest absolute Gasteiger partial charge is 0.153 e. The Morgan fingerprint density at radius 2 is 1.94 bits per heavy atom. The molecule has 1 aliphatic heterocycles. The molecule has 1 aliphatic rings. The number of likely N-dealkylation sites (tertiary alicyclic amines) is 1. The molecule has 0 amide bonds. The molecule has 0 spiro atoms. The molecule has 0 aromatic carbocycles. The van der Waals surface area contributed by atoms with Crippen molar-refractivity contribution < 1.29 is 8.42 Å². The maximum Gasteiger partial charge on any atom is 0.153 e. The molecule has 1 fully saturated rings. The summed E-state index contributed by atoms with van der Waals surface area (Å²) in [4.78, 5) is 2.79. The number of hydrogen-bond donors (Lipinski definition) is 1. The van der Waals surface area contributed by atoms with Gasteiger partial charge in [-0.3, -0.25) is 0 Å². The van der Waals surface area contributed by atoms with Crippen molar-refractivity contribution in [3.8, 4) is 0 Å². The molecule has 2 N–H and O–H groups in total. The Labute approximate surface area is 109 Å². The zero-order valence-corrected chi connectivity index (χ0v) is 12.2. The predicted octanol–water partition coefficient (Wildman–Crippen LogP) is 0.808. The van der Waals surface area contributed by atoms with E-state index in [2.05, 4.69) is 4.90 Å². The molecule has 0 bridgehead atoms. The van der Waals surface area contributed by atoms with Crippen LogP contribution < -0.4 is 5.73 Å². The molecule has 0 unspecified atom stereocenters. The highest BCUT2D eigenvalue weighted by Crippen LogP contribution is 2.17. The van der Waals surface area contributed by atoms with E-state index in [4.69, 9.17) is 18.0 Å². The second-order valence-electron chi connectivity index (χ2n) is 4.93. The van der Waals surface area contributed by atoms with Crippen LogP contribution in [0.15, 0.2) is 0 Å². The summed E-state index contributed by atoms with van der Waals surface area (Å²) in [7, 11) is -2.92. The fourth-order valence-corrected chi connectivity index (χ4v) is 3.15. The lowest BCUT2D eigenvalue weighted by atomic mass is 9.97. The maximum atomic E-state index is 11.7. The number of thiocarbonyl (C=S) groups is 1. The normalized spacial score (nSPS) is 19.7. The van der Waals surface area contributed by atoms with Gasteiger partial charge in [-0.15, -0.1) is 0 Å². The summed E-state index contributed by atoms with van der Waals surface area (Å²) >= 11 is 4.98. The van der Waals surface area contributed by atoms with E-state index in [1.165, 1.54) is 0 Å². The molecule has 4 nitrogen and oxygen atoms in total. The monoisotopic (exact) mass is 278 g/mol. The van der Waals surface area contributed by atoms with Crippen molar-refractivity contribution in [2.75, 3.05) is 25.4 Å². The third-order valence-electron chi connectivity index (χ3n) is 3.40. The first-order chi connectivity index (χ1) is 7.83. The van der Waals surface area contributed by atoms with Crippen molar-refractivity contribution in [1.29, 1.82) is 0 Å². The molecule has 6 heteroatoms. The Hall–Kier alpha value is -0.200. The number of nitrogens with zero attached hydrogens (tertiary/aromatic N) is 1. The number of hydrogen-bond acceptors (Lipinski definition) is 4. The van der Waals surface area contributed by atoms with Crippen molar-refractivity contribution in [2.24, 2.45) is 11.7 Å². The van der Waals surface area contributed by atoms with Crippen molar-refractivity contribution >= 4 is 27.0 Å². The van der Waals surface area contributed by atoms with Gasteiger partial charge in [-0.2, -0.15) is 0 Å². The topological polar surface area (TPSA) is 63.4 Å². The van der Waals surface area contributed by atoms with Crippen molar-refractivity contribution in [3.05, 3.63) is 0 Å². The van der Waals surface area contributed by atoms with Crippen LogP contribution in [0.1, 0.15) is 26.7 Å². The molecular formula is C11H22N2O2S2. The van der Waals surface area contributed by atoms with Crippen LogP contribution in [0.3, 0.4) is 0 Å². The highest BCUT2D eigenvalue weighted by molar-refractivity contribution is 7.92. The van der Waals surface area contributed by atoms with Crippen LogP contribution in [0.2, 0.25) is 0 Å². The average Bonchev–Trinajstić information content (AvgIpc) is 2.27. The van der Waals surface area contributed by atoms with Gasteiger partial charge in [-0.05, 0) is 39.8 Å². The Morgan fingerprint density at radius 1 is 1.41 bits per heavy atom. The first-order valence-corrected chi connectivity index (χ1v) is 8.18. The van der Waals surface area contributed by atoms with Gasteiger partial charge in [-0.1, -0.05) is 12.2 Å². The molecule has 0 aromatic rings. The van der Waals surface area contributed by atoms with Crippen molar-refractivity contribution in [3.63, 3.8) is 0 Å². The highest BCUT2D eigenvalue weighted by Gasteiger charge is 2.23. The van der Waals surface area contributed by atoms with Crippen molar-refractivity contribution in [1.82, 2.24) is 4.90 Å². The fourth-order valence-electron chi connectivity index (χ4n) is 1.93. The number of piperidine rings is 1. The second kappa shape index (κ2) is 6.11. The third-order valence-corrected chi connectivity index (χ3v) is 5.92. The van der Waals surface area contributed by atoms with Gasteiger partial charge < -0.3 is 10.6 Å². The number of sulfone groups is 1. The van der Waals surface area contributed by atoms with E-state index in [9.17, 15) is 8.42 Å². The van der Waals surface area contributed by atoms with Crippen LogP contribution in [0.4, 0.5) is 0 Å². The third kappa shape index (κ3) is 4.52. The van der Waals surface area contributed by atoms with E-state index in [1.54, 1.807) is 13.8 Å². The maximum absolute atomic E-state index is 11.7. The van der Waals surface area contributed by atoms with Crippen LogP contribution >= 0.6 is 12.2 Å². The minimum absolute atomic E-state index is 0.252. The molecule has 0 radical (unpaired) electrons. The minimum Gasteiger partial charge on any atom is -0.393 e. The van der Waals surface area contributed by atoms with Crippen LogP contribution in [-0.4, -0.2) is 48.9 Å². The Morgan fingerprint density at radius 3 is 2.35 bits per heavy atom. The zero-order chi connectivity index (χ0) is 13.1. The molecule has 1 rings (SSSR count). The summed E-state index contributed by atoms with van der Waals surface area (Å²) in [6.07, 6.45) is 1.91. The summed E-state index contributed by atoms with van der Waals surface area (Å²) in [6.45, 7) is 5.89. The summed E-state index contributed by atoms with van der Waals surface area (Å²) < 4.78 is 23.4. The first kappa shape index (κ1) is 14.9. The first-order valence-electron chi connectivity index (χ1n) is 6.06. The fraction of sp³-hybridized carbons (Fsp3) is 0.909. The van der Waals surface area contributed by atoms with E-state index >= 15 is 0 Å². The van der Waals surface area contributed by atoms with Crippen molar-refractivity contribution in [2.45, 2.75) is 31.9 Å². The van der Waals surface area contributed by atoms with Crippen LogP contribution in [0, 0.1) is 5.92 Å². The highest BCUT2D eigenvalue weighted by atomic mass is 32.2. The van der Waals surface area contributed by atoms with Gasteiger partial charge in [0.1, 0.15) is 0 Å². The summed E-state index contributed by atoms with van der Waals surface area (Å²) in [5.74, 6) is 0.588. The summed E-state index contributed by atoms with van der Waals surface area (Å²) in [5.41, 5.74) is 5.61. The molecule has 0 aromatic heterocycles. The van der Waals surface area contributed by atoms with Crippen LogP contribution in [0.25, 0.3) is 0 Å². The van der Waals surface area contributed by atoms with Gasteiger partial charge in [0.05, 0.1) is 16.0 Å². The lowest BCUT2D eigenvalue weighted by Gasteiger charge is -2.31. The molecule has 1 heterocycles. The van der Waals surface area contributed by atoms with Gasteiger partial charge in [0.25, 0.3) is 0 Å². The number of nitrogens with two attached hydrogens (primary N) is 1. The standard InChI is InChI=1S/C11H22N2O2S2/c1-9(2)17(14,15)8-7-13-5-3-10(4-6-13)11(12)16/h9-10H,3-8H2,1-2H3,(H2,12,16). The van der Waals surface area contributed by atoms with Crippen LogP contribution in [0.5, 0.6) is 0 Å². The van der Waals surface area contributed by atoms with Gasteiger partial charge in [0.2, 0.25) is 0 Å². The van der Waals surface area contributed by atoms with E-state index in [0.29, 0.717) is 17.5 Å². The second-order valence-corrected chi connectivity index (χ2v) is 8.08. The SMILES string of the molecule is CC(C)S(=O)(=O)CCN1CCC(C(N)=S)CC1. The Kier molecular flexibility index (Phi) is 5.34. The quantitative estimate of drug-likeness (QED) is 0.754. The molecule has 100 valence electrons. The molecule has 0 atom stereocenters. The van der Waals surface area contributed by atoms with Crippen LogP contribution in [-0.2, 0) is 9.84 Å². The summed E-state index contributed by atoms with van der Waals surface area (Å²) in [5, 5.41) is -0.281. The molecule has 0 aliphatic carbocycles. The lowest BCUT2D eigenvalue weighted by molar-refractivity contribution is 0.220. The van der Waals surface area contributed by atoms with Gasteiger partial charge in [0.15, 0.2) is 9.84 Å². The predicted molar refractivity (Wildman–Crippen MR) is 74.9 cm³/mol. The van der Waals surface area contributed by atoms with E-state index in [0.717, 1.165) is 25.9 Å². The average molecular weight is 278 g/mol. The zero-order valence-electron chi connectivity index (χ0n) is 10.6. The Bertz CT molecular complexity index is 358. The van der Waals surface area contributed by atoms with E-state index in [1.807, 2.05) is 0 Å². The molecule has 0 saturated carbocycles. The minimum atomic E-state index is -2.92. The largest absolute Gasteiger partial charge is 0.393 e. The van der Waals surface area contributed by atoms with E-state index in [-0.39, 0.29) is 11.0 Å². The van der Waals surface area contributed by atoms with Gasteiger partial charge in [-0.25, -0.2) is 8.42 Å². The molecule has 17 heavy (non-hydrogen) atoms. The summed E-state index contributed by atoms with van der Waals surface area (Å²) in [6, 6.07) is 0.